The van der Waals surface area contributed by atoms with E-state index in [1.807, 2.05) is 20.8 Å². The Balaban J connectivity index is 3.48. The Morgan fingerprint density at radius 3 is 1.95 bits per heavy atom. The highest BCUT2D eigenvalue weighted by molar-refractivity contribution is 6.69. The summed E-state index contributed by atoms with van der Waals surface area (Å²) in [7, 11) is 0.256. The molecule has 0 unspecified atom stereocenters. The smallest absolute Gasteiger partial charge is 0.410 e. The molecule has 0 saturated heterocycles. The molecular weight excluding hydrogens is 302 g/mol. The van der Waals surface area contributed by atoms with Crippen molar-refractivity contribution >= 4 is 14.4 Å². The highest BCUT2D eigenvalue weighted by atomic mass is 28.4. The fourth-order valence-corrected chi connectivity index (χ4v) is 2.06. The molecule has 0 aromatic carbocycles. The van der Waals surface area contributed by atoms with Crippen LogP contribution in [0.5, 0.6) is 0 Å². The van der Waals surface area contributed by atoms with Crippen molar-refractivity contribution in [3.8, 4) is 0 Å². The van der Waals surface area contributed by atoms with Gasteiger partial charge in [0.25, 0.3) is 0 Å². The molecule has 0 saturated carbocycles. The Hall–Kier alpha value is -0.633. The maximum Gasteiger partial charge on any atom is 0.410 e. The van der Waals surface area contributed by atoms with E-state index < -0.39 is 13.9 Å². The quantitative estimate of drug-likeness (QED) is 0.454. The molecule has 0 aliphatic carbocycles. The molecular formula is C15H33NO5Si. The van der Waals surface area contributed by atoms with E-state index in [4.69, 9.17) is 18.6 Å². The first kappa shape index (κ1) is 21.4. The number of hydrogen-bond acceptors (Lipinski definition) is 5. The van der Waals surface area contributed by atoms with Gasteiger partial charge in [-0.05, 0) is 40.4 Å². The zero-order valence-electron chi connectivity index (χ0n) is 15.2. The molecule has 0 spiro atoms. The van der Waals surface area contributed by atoms with Gasteiger partial charge in [-0.1, -0.05) is 0 Å². The lowest BCUT2D eigenvalue weighted by Crippen LogP contribution is -2.36. The molecule has 6 nitrogen and oxygen atoms in total. The van der Waals surface area contributed by atoms with Crippen LogP contribution < -0.4 is 0 Å². The summed E-state index contributed by atoms with van der Waals surface area (Å²) < 4.78 is 21.8. The number of carbonyl (C=O) groups is 1. The Morgan fingerprint density at radius 2 is 1.45 bits per heavy atom. The summed E-state index contributed by atoms with van der Waals surface area (Å²) in [5, 5.41) is 0. The van der Waals surface area contributed by atoms with Crippen molar-refractivity contribution in [3.05, 3.63) is 0 Å². The van der Waals surface area contributed by atoms with Gasteiger partial charge in [-0.3, -0.25) is 0 Å². The fraction of sp³-hybridized carbons (Fsp3) is 0.933. The number of carbonyl (C=O) groups excluding carboxylic acids is 1. The lowest BCUT2D eigenvalue weighted by Gasteiger charge is -2.24. The molecule has 1 amide bonds. The third-order valence-electron chi connectivity index (χ3n) is 2.41. The minimum Gasteiger partial charge on any atom is -0.444 e. The summed E-state index contributed by atoms with van der Waals surface area (Å²) in [6.07, 6.45) is -0.337. The van der Waals surface area contributed by atoms with Gasteiger partial charge < -0.3 is 23.5 Å². The normalized spacial score (nSPS) is 12.3. The maximum atomic E-state index is 11.7. The van der Waals surface area contributed by atoms with Crippen LogP contribution in [0.1, 0.15) is 20.8 Å². The maximum absolute atomic E-state index is 11.7. The average molecular weight is 336 g/mol. The number of likely N-dealkylation sites (N-methyl/N-ethyl adjacent to an activating group) is 1. The van der Waals surface area contributed by atoms with Crippen LogP contribution in [0, 0.1) is 0 Å². The summed E-state index contributed by atoms with van der Waals surface area (Å²) in [5.41, 5.74) is -0.474. The predicted molar refractivity (Wildman–Crippen MR) is 89.8 cm³/mol. The van der Waals surface area contributed by atoms with E-state index in [1.54, 1.807) is 7.05 Å². The van der Waals surface area contributed by atoms with Gasteiger partial charge in [-0.2, -0.15) is 0 Å². The van der Waals surface area contributed by atoms with Crippen LogP contribution >= 0.6 is 0 Å². The summed E-state index contributed by atoms with van der Waals surface area (Å²) in [6.45, 7) is 15.2. The van der Waals surface area contributed by atoms with Crippen molar-refractivity contribution < 1.29 is 23.4 Å². The Labute approximate surface area is 136 Å². The van der Waals surface area contributed by atoms with Crippen LogP contribution in [-0.2, 0) is 18.6 Å². The Bertz CT molecular complexity index is 312. The fourth-order valence-electron chi connectivity index (χ4n) is 1.36. The van der Waals surface area contributed by atoms with Crippen LogP contribution in [-0.4, -0.2) is 71.5 Å². The van der Waals surface area contributed by atoms with Crippen molar-refractivity contribution in [1.29, 1.82) is 0 Å². The topological polar surface area (TPSA) is 57.2 Å². The summed E-state index contributed by atoms with van der Waals surface area (Å²) in [5.74, 6) is 0. The second kappa shape index (κ2) is 10.2. The van der Waals surface area contributed by atoms with E-state index >= 15 is 0 Å². The summed E-state index contributed by atoms with van der Waals surface area (Å²) in [4.78, 5) is 13.2. The van der Waals surface area contributed by atoms with Gasteiger partial charge in [0.15, 0.2) is 8.32 Å². The minimum absolute atomic E-state index is 0.337. The molecule has 22 heavy (non-hydrogen) atoms. The monoisotopic (exact) mass is 335 g/mol. The van der Waals surface area contributed by atoms with E-state index in [9.17, 15) is 4.79 Å². The van der Waals surface area contributed by atoms with E-state index in [0.717, 1.165) is 0 Å². The lowest BCUT2D eigenvalue weighted by molar-refractivity contribution is 0.0131. The van der Waals surface area contributed by atoms with E-state index in [-0.39, 0.29) is 6.09 Å². The molecule has 0 rings (SSSR count). The molecule has 132 valence electrons. The summed E-state index contributed by atoms with van der Waals surface area (Å²) in [6, 6.07) is 0. The first-order valence-electron chi connectivity index (χ1n) is 7.75. The highest BCUT2D eigenvalue weighted by Crippen LogP contribution is 2.08. The number of rotatable bonds is 10. The number of nitrogens with zero attached hydrogens (tertiary/aromatic N) is 1. The van der Waals surface area contributed by atoms with E-state index in [1.165, 1.54) is 4.90 Å². The summed E-state index contributed by atoms with van der Waals surface area (Å²) >= 11 is 0. The molecule has 0 aliphatic heterocycles. The number of amides is 1. The average Bonchev–Trinajstić information content (AvgIpc) is 2.33. The highest BCUT2D eigenvalue weighted by Gasteiger charge is 2.19. The van der Waals surface area contributed by atoms with Crippen molar-refractivity contribution in [3.63, 3.8) is 0 Å². The van der Waals surface area contributed by atoms with Gasteiger partial charge in [-0.15, -0.1) is 0 Å². The second-order valence-electron chi connectivity index (χ2n) is 7.09. The SMILES string of the molecule is CN(CCOCCOCCO[Si](C)(C)C)C(=O)OC(C)(C)C. The van der Waals surface area contributed by atoms with Crippen LogP contribution in [0.2, 0.25) is 19.6 Å². The third-order valence-corrected chi connectivity index (χ3v) is 3.48. The molecule has 0 aliphatic rings. The Morgan fingerprint density at radius 1 is 0.955 bits per heavy atom. The van der Waals surface area contributed by atoms with Crippen molar-refractivity contribution in [2.75, 3.05) is 46.6 Å². The standard InChI is InChI=1S/C15H33NO5Si/c1-15(2,3)21-14(17)16(4)8-9-18-10-11-19-12-13-20-22(5,6)7/h8-13H2,1-7H3. The largest absolute Gasteiger partial charge is 0.444 e. The molecule has 0 fully saturated rings. The number of hydrogen-bond donors (Lipinski definition) is 0. The molecule has 0 atom stereocenters. The van der Waals surface area contributed by atoms with E-state index in [2.05, 4.69) is 19.6 Å². The van der Waals surface area contributed by atoms with Gasteiger partial charge in [0.1, 0.15) is 5.60 Å². The Kier molecular flexibility index (Phi) is 9.91. The van der Waals surface area contributed by atoms with Crippen molar-refractivity contribution in [1.82, 2.24) is 4.90 Å². The van der Waals surface area contributed by atoms with Crippen LogP contribution in [0.3, 0.4) is 0 Å². The zero-order valence-corrected chi connectivity index (χ0v) is 16.2. The van der Waals surface area contributed by atoms with Crippen molar-refractivity contribution in [2.45, 2.75) is 46.0 Å². The van der Waals surface area contributed by atoms with Gasteiger partial charge in [-0.25, -0.2) is 4.79 Å². The molecule has 0 aromatic rings. The lowest BCUT2D eigenvalue weighted by atomic mass is 10.2. The van der Waals surface area contributed by atoms with Gasteiger partial charge in [0.2, 0.25) is 0 Å². The minimum atomic E-state index is -1.44. The van der Waals surface area contributed by atoms with Crippen LogP contribution in [0.25, 0.3) is 0 Å². The third kappa shape index (κ3) is 14.3. The molecule has 0 radical (unpaired) electrons. The van der Waals surface area contributed by atoms with E-state index in [0.29, 0.717) is 39.6 Å². The molecule has 0 aromatic heterocycles. The predicted octanol–water partition coefficient (Wildman–Crippen LogP) is 2.74. The van der Waals surface area contributed by atoms with Gasteiger partial charge >= 0.3 is 6.09 Å². The van der Waals surface area contributed by atoms with Crippen molar-refractivity contribution in [2.24, 2.45) is 0 Å². The van der Waals surface area contributed by atoms with Crippen LogP contribution in [0.4, 0.5) is 4.79 Å². The number of ether oxygens (including phenoxy) is 3. The van der Waals surface area contributed by atoms with Gasteiger partial charge in [0, 0.05) is 13.6 Å². The molecule has 0 N–H and O–H groups in total. The molecule has 0 bridgehead atoms. The molecule has 0 heterocycles. The first-order chi connectivity index (χ1) is 10.0. The molecule has 7 heteroatoms. The second-order valence-corrected chi connectivity index (χ2v) is 11.6. The van der Waals surface area contributed by atoms with Gasteiger partial charge in [0.05, 0.1) is 33.0 Å². The van der Waals surface area contributed by atoms with Crippen LogP contribution in [0.15, 0.2) is 0 Å². The first-order valence-corrected chi connectivity index (χ1v) is 11.2. The zero-order chi connectivity index (χ0) is 17.2.